The van der Waals surface area contributed by atoms with E-state index >= 15 is 0 Å². The molecule has 6 heteroatoms. The highest BCUT2D eigenvalue weighted by Crippen LogP contribution is 2.30. The minimum absolute atomic E-state index is 0.205. The number of methoxy groups -OCH3 is 1. The molecule has 0 aliphatic carbocycles. The summed E-state index contributed by atoms with van der Waals surface area (Å²) < 4.78 is 6.59. The van der Waals surface area contributed by atoms with Crippen LogP contribution in [0.15, 0.2) is 36.5 Å². The van der Waals surface area contributed by atoms with Crippen molar-refractivity contribution in [2.45, 2.75) is 13.5 Å². The Morgan fingerprint density at radius 1 is 1.27 bits per heavy atom. The average Bonchev–Trinajstić information content (AvgIpc) is 2.83. The highest BCUT2D eigenvalue weighted by molar-refractivity contribution is 5.95. The van der Waals surface area contributed by atoms with E-state index in [1.165, 1.54) is 4.68 Å². The van der Waals surface area contributed by atoms with Crippen molar-refractivity contribution in [3.05, 3.63) is 42.2 Å². The summed E-state index contributed by atoms with van der Waals surface area (Å²) in [6, 6.07) is 9.60. The summed E-state index contributed by atoms with van der Waals surface area (Å²) in [4.78, 5) is 15.2. The zero-order valence-electron chi connectivity index (χ0n) is 12.3. The molecule has 2 heterocycles. The third kappa shape index (κ3) is 2.39. The van der Waals surface area contributed by atoms with Gasteiger partial charge in [0.25, 0.3) is 0 Å². The standard InChI is InChI=1S/C16H15N3O3/c1-10-15-13(11-3-5-12(22-2)6-4-11)7-8-17-16(15)19(18-10)9-14(20)21/h3-8H,9H2,1-2H3,(H,20,21). The van der Waals surface area contributed by atoms with Gasteiger partial charge in [-0.1, -0.05) is 12.1 Å². The van der Waals surface area contributed by atoms with E-state index in [9.17, 15) is 4.79 Å². The number of aromatic nitrogens is 3. The number of hydrogen-bond acceptors (Lipinski definition) is 4. The molecule has 6 nitrogen and oxygen atoms in total. The molecule has 0 atom stereocenters. The van der Waals surface area contributed by atoms with E-state index in [2.05, 4.69) is 10.1 Å². The molecule has 0 spiro atoms. The summed E-state index contributed by atoms with van der Waals surface area (Å²) in [6.07, 6.45) is 1.67. The first-order valence-electron chi connectivity index (χ1n) is 6.78. The molecule has 3 aromatic rings. The van der Waals surface area contributed by atoms with Crippen LogP contribution in [-0.4, -0.2) is 33.0 Å². The van der Waals surface area contributed by atoms with E-state index < -0.39 is 5.97 Å². The van der Waals surface area contributed by atoms with Gasteiger partial charge in [-0.25, -0.2) is 9.67 Å². The van der Waals surface area contributed by atoms with Gasteiger partial charge in [-0.15, -0.1) is 0 Å². The molecule has 0 fully saturated rings. The molecular weight excluding hydrogens is 282 g/mol. The lowest BCUT2D eigenvalue weighted by Gasteiger charge is -2.06. The molecule has 112 valence electrons. The summed E-state index contributed by atoms with van der Waals surface area (Å²) in [5.74, 6) is -0.159. The molecule has 0 radical (unpaired) electrons. The van der Waals surface area contributed by atoms with Crippen molar-refractivity contribution in [3.8, 4) is 16.9 Å². The van der Waals surface area contributed by atoms with Crippen LogP contribution in [0.3, 0.4) is 0 Å². The molecular formula is C16H15N3O3. The van der Waals surface area contributed by atoms with E-state index in [4.69, 9.17) is 9.84 Å². The summed E-state index contributed by atoms with van der Waals surface area (Å²) >= 11 is 0. The maximum absolute atomic E-state index is 10.9. The van der Waals surface area contributed by atoms with Crippen LogP contribution in [0.4, 0.5) is 0 Å². The van der Waals surface area contributed by atoms with Gasteiger partial charge in [-0.3, -0.25) is 4.79 Å². The van der Waals surface area contributed by atoms with E-state index in [1.807, 2.05) is 37.3 Å². The number of pyridine rings is 1. The van der Waals surface area contributed by atoms with Gasteiger partial charge in [-0.05, 0) is 36.2 Å². The van der Waals surface area contributed by atoms with Crippen LogP contribution < -0.4 is 4.74 Å². The van der Waals surface area contributed by atoms with Gasteiger partial charge >= 0.3 is 5.97 Å². The van der Waals surface area contributed by atoms with Crippen LogP contribution in [0, 0.1) is 6.92 Å². The third-order valence-corrected chi connectivity index (χ3v) is 3.49. The molecule has 0 saturated heterocycles. The van der Waals surface area contributed by atoms with Gasteiger partial charge in [-0.2, -0.15) is 5.10 Å². The fourth-order valence-electron chi connectivity index (χ4n) is 2.53. The SMILES string of the molecule is COc1ccc(-c2ccnc3c2c(C)nn3CC(=O)O)cc1. The highest BCUT2D eigenvalue weighted by Gasteiger charge is 2.15. The molecule has 2 aromatic heterocycles. The van der Waals surface area contributed by atoms with Crippen molar-refractivity contribution < 1.29 is 14.6 Å². The Morgan fingerprint density at radius 2 is 2.00 bits per heavy atom. The Kier molecular flexibility index (Phi) is 3.50. The van der Waals surface area contributed by atoms with Crippen molar-refractivity contribution in [3.63, 3.8) is 0 Å². The molecule has 0 unspecified atom stereocenters. The molecule has 0 aliphatic heterocycles. The minimum atomic E-state index is -0.943. The van der Waals surface area contributed by atoms with Crippen molar-refractivity contribution in [1.29, 1.82) is 0 Å². The first kappa shape index (κ1) is 14.1. The quantitative estimate of drug-likeness (QED) is 0.800. The molecule has 22 heavy (non-hydrogen) atoms. The number of hydrogen-bond donors (Lipinski definition) is 1. The smallest absolute Gasteiger partial charge is 0.325 e. The summed E-state index contributed by atoms with van der Waals surface area (Å²) in [5.41, 5.74) is 3.32. The number of aliphatic carboxylic acids is 1. The van der Waals surface area contributed by atoms with Crippen molar-refractivity contribution in [1.82, 2.24) is 14.8 Å². The Bertz CT molecular complexity index is 838. The average molecular weight is 297 g/mol. The lowest BCUT2D eigenvalue weighted by Crippen LogP contribution is -2.10. The van der Waals surface area contributed by atoms with Gasteiger partial charge in [0.05, 0.1) is 12.8 Å². The fourth-order valence-corrected chi connectivity index (χ4v) is 2.53. The van der Waals surface area contributed by atoms with E-state index in [-0.39, 0.29) is 6.54 Å². The summed E-state index contributed by atoms with van der Waals surface area (Å²) in [6.45, 7) is 1.65. The lowest BCUT2D eigenvalue weighted by atomic mass is 10.0. The predicted molar refractivity (Wildman–Crippen MR) is 81.9 cm³/mol. The lowest BCUT2D eigenvalue weighted by molar-refractivity contribution is -0.137. The number of carboxylic acid groups (broad SMARTS) is 1. The largest absolute Gasteiger partial charge is 0.497 e. The van der Waals surface area contributed by atoms with E-state index in [1.54, 1.807) is 13.3 Å². The maximum Gasteiger partial charge on any atom is 0.325 e. The Hall–Kier alpha value is -2.89. The van der Waals surface area contributed by atoms with Gasteiger partial charge in [0.2, 0.25) is 0 Å². The molecule has 1 aromatic carbocycles. The zero-order valence-corrected chi connectivity index (χ0v) is 12.3. The van der Waals surface area contributed by atoms with E-state index in [0.717, 1.165) is 28.0 Å². The van der Waals surface area contributed by atoms with Crippen LogP contribution in [0.1, 0.15) is 5.69 Å². The zero-order chi connectivity index (χ0) is 15.7. The van der Waals surface area contributed by atoms with Crippen LogP contribution in [-0.2, 0) is 11.3 Å². The van der Waals surface area contributed by atoms with Crippen LogP contribution >= 0.6 is 0 Å². The number of carboxylic acids is 1. The number of fused-ring (bicyclic) bond motifs is 1. The predicted octanol–water partition coefficient (Wildman–Crippen LogP) is 2.50. The number of carbonyl (C=O) groups is 1. The number of nitrogens with zero attached hydrogens (tertiary/aromatic N) is 3. The van der Waals surface area contributed by atoms with Gasteiger partial charge in [0.1, 0.15) is 12.3 Å². The van der Waals surface area contributed by atoms with Crippen molar-refractivity contribution in [2.75, 3.05) is 7.11 Å². The number of rotatable bonds is 4. The molecule has 0 bridgehead atoms. The van der Waals surface area contributed by atoms with Gasteiger partial charge < -0.3 is 9.84 Å². The second kappa shape index (κ2) is 5.48. The molecule has 0 saturated carbocycles. The number of benzene rings is 1. The number of ether oxygens (including phenoxy) is 1. The molecule has 1 N–H and O–H groups in total. The fraction of sp³-hybridized carbons (Fsp3) is 0.188. The van der Waals surface area contributed by atoms with Crippen LogP contribution in [0.25, 0.3) is 22.2 Å². The third-order valence-electron chi connectivity index (χ3n) is 3.49. The van der Waals surface area contributed by atoms with Gasteiger partial charge in [0.15, 0.2) is 5.65 Å². The van der Waals surface area contributed by atoms with Crippen molar-refractivity contribution >= 4 is 17.0 Å². The first-order valence-corrected chi connectivity index (χ1v) is 6.78. The Balaban J connectivity index is 2.17. The highest BCUT2D eigenvalue weighted by atomic mass is 16.5. The molecule has 0 amide bonds. The second-order valence-corrected chi connectivity index (χ2v) is 4.92. The maximum atomic E-state index is 10.9. The minimum Gasteiger partial charge on any atom is -0.497 e. The monoisotopic (exact) mass is 297 g/mol. The normalized spacial score (nSPS) is 10.8. The second-order valence-electron chi connectivity index (χ2n) is 4.92. The molecule has 3 rings (SSSR count). The topological polar surface area (TPSA) is 77.2 Å². The Morgan fingerprint density at radius 3 is 2.64 bits per heavy atom. The summed E-state index contributed by atoms with van der Waals surface area (Å²) in [7, 11) is 1.62. The van der Waals surface area contributed by atoms with Crippen LogP contribution in [0.5, 0.6) is 5.75 Å². The summed E-state index contributed by atoms with van der Waals surface area (Å²) in [5, 5.41) is 14.1. The Labute approximate surface area is 127 Å². The van der Waals surface area contributed by atoms with Crippen molar-refractivity contribution in [2.24, 2.45) is 0 Å². The first-order chi connectivity index (χ1) is 10.6. The van der Waals surface area contributed by atoms with Gasteiger partial charge in [0, 0.05) is 11.6 Å². The number of aryl methyl sites for hydroxylation is 1. The van der Waals surface area contributed by atoms with E-state index in [0.29, 0.717) is 5.65 Å². The molecule has 0 aliphatic rings. The van der Waals surface area contributed by atoms with Crippen LogP contribution in [0.2, 0.25) is 0 Å².